The van der Waals surface area contributed by atoms with Crippen molar-refractivity contribution in [2.75, 3.05) is 26.2 Å². The lowest BCUT2D eigenvalue weighted by atomic mass is 10.2. The van der Waals surface area contributed by atoms with Crippen LogP contribution >= 0.6 is 11.6 Å². The Morgan fingerprint density at radius 1 is 1.25 bits per heavy atom. The van der Waals surface area contributed by atoms with Crippen molar-refractivity contribution in [3.8, 4) is 5.75 Å². The van der Waals surface area contributed by atoms with Gasteiger partial charge in [0.2, 0.25) is 0 Å². The summed E-state index contributed by atoms with van der Waals surface area (Å²) in [6, 6.07) is 4.39. The molecule has 0 aliphatic carbocycles. The maximum atomic E-state index is 12.0. The van der Waals surface area contributed by atoms with Crippen molar-refractivity contribution in [2.24, 2.45) is 0 Å². The quantitative estimate of drug-likeness (QED) is 0.898. The van der Waals surface area contributed by atoms with Crippen LogP contribution < -0.4 is 5.32 Å². The van der Waals surface area contributed by atoms with E-state index in [9.17, 15) is 9.90 Å². The molecule has 0 saturated carbocycles. The Labute approximate surface area is 124 Å². The Hall–Kier alpha value is -1.26. The van der Waals surface area contributed by atoms with E-state index in [1.807, 2.05) is 0 Å². The molecule has 2 rings (SSSR count). The summed E-state index contributed by atoms with van der Waals surface area (Å²) in [5.74, 6) is -0.187. The lowest BCUT2D eigenvalue weighted by Crippen LogP contribution is -2.35. The number of aromatic hydroxyl groups is 1. The molecule has 2 N–H and O–H groups in total. The van der Waals surface area contributed by atoms with E-state index in [2.05, 4.69) is 10.2 Å². The molecule has 5 heteroatoms. The van der Waals surface area contributed by atoms with Gasteiger partial charge in [0.15, 0.2) is 0 Å². The minimum absolute atomic E-state index is 0.0482. The highest BCUT2D eigenvalue weighted by molar-refractivity contribution is 6.33. The third-order valence-electron chi connectivity index (χ3n) is 3.61. The monoisotopic (exact) mass is 296 g/mol. The standard InChI is InChI=1S/C15H21ClN2O2/c16-14-6-5-12(19)11-13(14)15(20)17-7-10-18-8-3-1-2-4-9-18/h5-6,11,19H,1-4,7-10H2,(H,17,20). The summed E-state index contributed by atoms with van der Waals surface area (Å²) in [7, 11) is 0. The number of rotatable bonds is 4. The summed E-state index contributed by atoms with van der Waals surface area (Å²) in [4.78, 5) is 14.4. The predicted octanol–water partition coefficient (Wildman–Crippen LogP) is 2.65. The zero-order valence-corrected chi connectivity index (χ0v) is 12.3. The van der Waals surface area contributed by atoms with E-state index in [0.717, 1.165) is 19.6 Å². The van der Waals surface area contributed by atoms with Gasteiger partial charge in [-0.05, 0) is 44.1 Å². The molecule has 0 bridgehead atoms. The van der Waals surface area contributed by atoms with Crippen LogP contribution in [0.5, 0.6) is 5.75 Å². The summed E-state index contributed by atoms with van der Waals surface area (Å²) >= 11 is 5.96. The smallest absolute Gasteiger partial charge is 0.252 e. The summed E-state index contributed by atoms with van der Waals surface area (Å²) in [6.45, 7) is 3.69. The van der Waals surface area contributed by atoms with Gasteiger partial charge in [-0.1, -0.05) is 24.4 Å². The van der Waals surface area contributed by atoms with Crippen molar-refractivity contribution < 1.29 is 9.90 Å². The van der Waals surface area contributed by atoms with Gasteiger partial charge in [-0.2, -0.15) is 0 Å². The average molecular weight is 297 g/mol. The van der Waals surface area contributed by atoms with E-state index in [4.69, 9.17) is 11.6 Å². The fourth-order valence-electron chi connectivity index (χ4n) is 2.47. The second-order valence-electron chi connectivity index (χ2n) is 5.18. The van der Waals surface area contributed by atoms with Crippen molar-refractivity contribution in [3.05, 3.63) is 28.8 Å². The van der Waals surface area contributed by atoms with Crippen LogP contribution in [0.15, 0.2) is 18.2 Å². The van der Waals surface area contributed by atoms with Crippen molar-refractivity contribution in [1.29, 1.82) is 0 Å². The molecule has 4 nitrogen and oxygen atoms in total. The van der Waals surface area contributed by atoms with Crippen LogP contribution in [-0.2, 0) is 0 Å². The molecule has 1 aliphatic rings. The van der Waals surface area contributed by atoms with Crippen LogP contribution in [0.1, 0.15) is 36.0 Å². The number of likely N-dealkylation sites (tertiary alicyclic amines) is 1. The molecule has 0 atom stereocenters. The van der Waals surface area contributed by atoms with Gasteiger partial charge < -0.3 is 15.3 Å². The Balaban J connectivity index is 1.81. The molecule has 1 fully saturated rings. The number of hydrogen-bond acceptors (Lipinski definition) is 3. The highest BCUT2D eigenvalue weighted by Gasteiger charge is 2.12. The first-order valence-corrected chi connectivity index (χ1v) is 7.53. The van der Waals surface area contributed by atoms with E-state index in [0.29, 0.717) is 17.1 Å². The summed E-state index contributed by atoms with van der Waals surface area (Å²) in [5.41, 5.74) is 0.322. The fourth-order valence-corrected chi connectivity index (χ4v) is 2.67. The van der Waals surface area contributed by atoms with Gasteiger partial charge in [0.25, 0.3) is 5.91 Å². The molecule has 110 valence electrons. The molecule has 1 heterocycles. The van der Waals surface area contributed by atoms with Crippen molar-refractivity contribution in [3.63, 3.8) is 0 Å². The largest absolute Gasteiger partial charge is 0.508 e. The van der Waals surface area contributed by atoms with Crippen LogP contribution in [0.25, 0.3) is 0 Å². The molecule has 1 aromatic carbocycles. The number of carbonyl (C=O) groups is 1. The predicted molar refractivity (Wildman–Crippen MR) is 80.4 cm³/mol. The molecule has 1 aliphatic heterocycles. The molecular weight excluding hydrogens is 276 g/mol. The molecule has 1 saturated heterocycles. The second kappa shape index (κ2) is 7.50. The normalized spacial score (nSPS) is 16.6. The highest BCUT2D eigenvalue weighted by Crippen LogP contribution is 2.20. The second-order valence-corrected chi connectivity index (χ2v) is 5.58. The summed E-state index contributed by atoms with van der Waals surface area (Å²) < 4.78 is 0. The molecule has 0 unspecified atom stereocenters. The van der Waals surface area contributed by atoms with E-state index in [-0.39, 0.29) is 11.7 Å². The van der Waals surface area contributed by atoms with Gasteiger partial charge in [-0.15, -0.1) is 0 Å². The molecule has 1 amide bonds. The van der Waals surface area contributed by atoms with Crippen LogP contribution in [0, 0.1) is 0 Å². The van der Waals surface area contributed by atoms with Gasteiger partial charge in [0, 0.05) is 13.1 Å². The molecule has 1 aromatic rings. The first kappa shape index (κ1) is 15.1. The summed E-state index contributed by atoms with van der Waals surface area (Å²) in [5, 5.41) is 12.6. The Bertz CT molecular complexity index is 457. The lowest BCUT2D eigenvalue weighted by Gasteiger charge is -2.19. The third-order valence-corrected chi connectivity index (χ3v) is 3.94. The highest BCUT2D eigenvalue weighted by atomic mass is 35.5. The number of nitrogens with zero attached hydrogens (tertiary/aromatic N) is 1. The number of benzene rings is 1. The molecule has 0 radical (unpaired) electrons. The van der Waals surface area contributed by atoms with Crippen molar-refractivity contribution in [2.45, 2.75) is 25.7 Å². The molecular formula is C15H21ClN2O2. The minimum Gasteiger partial charge on any atom is -0.508 e. The maximum absolute atomic E-state index is 12.0. The summed E-state index contributed by atoms with van der Waals surface area (Å²) in [6.07, 6.45) is 5.10. The van der Waals surface area contributed by atoms with Crippen molar-refractivity contribution >= 4 is 17.5 Å². The number of nitrogens with one attached hydrogen (secondary N) is 1. The number of halogens is 1. The average Bonchev–Trinajstić information content (AvgIpc) is 2.70. The zero-order valence-electron chi connectivity index (χ0n) is 11.6. The molecule has 20 heavy (non-hydrogen) atoms. The Kier molecular flexibility index (Phi) is 5.68. The van der Waals surface area contributed by atoms with Crippen LogP contribution in [0.4, 0.5) is 0 Å². The number of phenols is 1. The molecule has 0 spiro atoms. The van der Waals surface area contributed by atoms with E-state index < -0.39 is 0 Å². The van der Waals surface area contributed by atoms with Gasteiger partial charge in [-0.25, -0.2) is 0 Å². The van der Waals surface area contributed by atoms with Crippen LogP contribution in [0.3, 0.4) is 0 Å². The van der Waals surface area contributed by atoms with Gasteiger partial charge >= 0.3 is 0 Å². The van der Waals surface area contributed by atoms with Gasteiger partial charge in [0.05, 0.1) is 10.6 Å². The first-order valence-electron chi connectivity index (χ1n) is 7.16. The number of amides is 1. The fraction of sp³-hybridized carbons (Fsp3) is 0.533. The Morgan fingerprint density at radius 3 is 2.65 bits per heavy atom. The minimum atomic E-state index is -0.235. The SMILES string of the molecule is O=C(NCCN1CCCCCC1)c1cc(O)ccc1Cl. The van der Waals surface area contributed by atoms with Crippen molar-refractivity contribution in [1.82, 2.24) is 10.2 Å². The number of carbonyl (C=O) groups excluding carboxylic acids is 1. The van der Waals surface area contributed by atoms with Crippen LogP contribution in [-0.4, -0.2) is 42.1 Å². The van der Waals surface area contributed by atoms with E-state index in [1.165, 1.54) is 43.9 Å². The van der Waals surface area contributed by atoms with E-state index >= 15 is 0 Å². The Morgan fingerprint density at radius 2 is 1.95 bits per heavy atom. The van der Waals surface area contributed by atoms with Crippen LogP contribution in [0.2, 0.25) is 5.02 Å². The molecule has 0 aromatic heterocycles. The number of hydrogen-bond donors (Lipinski definition) is 2. The topological polar surface area (TPSA) is 52.6 Å². The van der Waals surface area contributed by atoms with Gasteiger partial charge in [-0.3, -0.25) is 4.79 Å². The van der Waals surface area contributed by atoms with Gasteiger partial charge in [0.1, 0.15) is 5.75 Å². The van der Waals surface area contributed by atoms with E-state index in [1.54, 1.807) is 0 Å². The lowest BCUT2D eigenvalue weighted by molar-refractivity contribution is 0.0948. The maximum Gasteiger partial charge on any atom is 0.252 e. The number of phenolic OH excluding ortho intramolecular Hbond substituents is 1. The zero-order chi connectivity index (χ0) is 14.4. The third kappa shape index (κ3) is 4.39. The first-order chi connectivity index (χ1) is 9.66.